The minimum absolute atomic E-state index is 0.0794. The van der Waals surface area contributed by atoms with Crippen LogP contribution in [0.25, 0.3) is 0 Å². The number of nitrogens with zero attached hydrogens (tertiary/aromatic N) is 1. The zero-order chi connectivity index (χ0) is 9.31. The topological polar surface area (TPSA) is 38.4 Å². The molecule has 2 rings (SSSR count). The third-order valence-corrected chi connectivity index (χ3v) is 2.81. The van der Waals surface area contributed by atoms with Gasteiger partial charge < -0.3 is 5.73 Å². The van der Waals surface area contributed by atoms with Gasteiger partial charge in [-0.1, -0.05) is 30.3 Å². The summed E-state index contributed by atoms with van der Waals surface area (Å²) in [5.74, 6) is 0.777. The molecule has 0 heterocycles. The second-order valence-electron chi connectivity index (χ2n) is 3.56. The van der Waals surface area contributed by atoms with Crippen molar-refractivity contribution in [3.63, 3.8) is 0 Å². The van der Waals surface area contributed by atoms with Crippen LogP contribution in [0.4, 0.5) is 0 Å². The van der Waals surface area contributed by atoms with Gasteiger partial charge in [0.1, 0.15) is 5.84 Å². The second kappa shape index (κ2) is 2.87. The Morgan fingerprint density at radius 2 is 1.92 bits per heavy atom. The van der Waals surface area contributed by atoms with Gasteiger partial charge in [-0.25, -0.2) is 0 Å². The first-order chi connectivity index (χ1) is 6.29. The van der Waals surface area contributed by atoms with Gasteiger partial charge in [0, 0.05) is 7.05 Å². The lowest BCUT2D eigenvalue weighted by Gasteiger charge is -2.14. The molecule has 0 aromatic heterocycles. The summed E-state index contributed by atoms with van der Waals surface area (Å²) in [4.78, 5) is 4.09. The van der Waals surface area contributed by atoms with Crippen LogP contribution in [-0.4, -0.2) is 12.9 Å². The van der Waals surface area contributed by atoms with E-state index in [0.29, 0.717) is 0 Å². The molecule has 2 nitrogen and oxygen atoms in total. The van der Waals surface area contributed by atoms with Gasteiger partial charge in [-0.05, 0) is 18.4 Å². The highest BCUT2D eigenvalue weighted by Crippen LogP contribution is 2.48. The van der Waals surface area contributed by atoms with E-state index < -0.39 is 0 Å². The lowest BCUT2D eigenvalue weighted by atomic mass is 9.95. The van der Waals surface area contributed by atoms with E-state index in [1.165, 1.54) is 5.56 Å². The maximum Gasteiger partial charge on any atom is 0.104 e. The van der Waals surface area contributed by atoms with E-state index in [1.807, 2.05) is 6.07 Å². The molecular formula is C11H14N2. The van der Waals surface area contributed by atoms with Crippen LogP contribution in [0.2, 0.25) is 0 Å². The van der Waals surface area contributed by atoms with Gasteiger partial charge in [-0.2, -0.15) is 0 Å². The molecular weight excluding hydrogens is 160 g/mol. The van der Waals surface area contributed by atoms with Gasteiger partial charge >= 0.3 is 0 Å². The van der Waals surface area contributed by atoms with Crippen molar-refractivity contribution in [2.45, 2.75) is 18.3 Å². The number of nitrogens with two attached hydrogens (primary N) is 1. The summed E-state index contributed by atoms with van der Waals surface area (Å²) in [6.45, 7) is 0. The van der Waals surface area contributed by atoms with Gasteiger partial charge in [0.05, 0.1) is 5.41 Å². The van der Waals surface area contributed by atoms with E-state index in [0.717, 1.165) is 18.7 Å². The molecule has 13 heavy (non-hydrogen) atoms. The minimum atomic E-state index is 0.0794. The van der Waals surface area contributed by atoms with E-state index >= 15 is 0 Å². The van der Waals surface area contributed by atoms with Crippen LogP contribution in [0.15, 0.2) is 35.3 Å². The van der Waals surface area contributed by atoms with Gasteiger partial charge in [0.2, 0.25) is 0 Å². The summed E-state index contributed by atoms with van der Waals surface area (Å²) in [5, 5.41) is 0. The predicted molar refractivity (Wildman–Crippen MR) is 54.9 cm³/mol. The summed E-state index contributed by atoms with van der Waals surface area (Å²) in [7, 11) is 1.76. The Morgan fingerprint density at radius 3 is 2.38 bits per heavy atom. The highest BCUT2D eigenvalue weighted by Gasteiger charge is 2.47. The van der Waals surface area contributed by atoms with Crippen molar-refractivity contribution in [1.29, 1.82) is 0 Å². The Bertz CT molecular complexity index is 323. The van der Waals surface area contributed by atoms with Crippen molar-refractivity contribution < 1.29 is 0 Å². The Hall–Kier alpha value is -1.31. The maximum absolute atomic E-state index is 5.90. The fourth-order valence-electron chi connectivity index (χ4n) is 1.79. The standard InChI is InChI=1S/C11H14N2/c1-13-10(12)11(7-8-11)9-5-3-2-4-6-9/h2-6H,7-8H2,1H3,(H2,12,13). The first-order valence-electron chi connectivity index (χ1n) is 4.58. The molecule has 68 valence electrons. The molecule has 1 aliphatic carbocycles. The summed E-state index contributed by atoms with van der Waals surface area (Å²) >= 11 is 0. The quantitative estimate of drug-likeness (QED) is 0.538. The maximum atomic E-state index is 5.90. The van der Waals surface area contributed by atoms with E-state index in [-0.39, 0.29) is 5.41 Å². The summed E-state index contributed by atoms with van der Waals surface area (Å²) < 4.78 is 0. The van der Waals surface area contributed by atoms with Crippen LogP contribution >= 0.6 is 0 Å². The summed E-state index contributed by atoms with van der Waals surface area (Å²) in [6.07, 6.45) is 2.28. The fraction of sp³-hybridized carbons (Fsp3) is 0.364. The fourth-order valence-corrected chi connectivity index (χ4v) is 1.79. The molecule has 0 saturated heterocycles. The number of aliphatic imine (C=N–C) groups is 1. The van der Waals surface area contributed by atoms with Gasteiger partial charge in [0.25, 0.3) is 0 Å². The van der Waals surface area contributed by atoms with Crippen molar-refractivity contribution in [2.75, 3.05) is 7.05 Å². The van der Waals surface area contributed by atoms with Crippen LogP contribution in [0.5, 0.6) is 0 Å². The monoisotopic (exact) mass is 174 g/mol. The number of hydrogen-bond acceptors (Lipinski definition) is 1. The average Bonchev–Trinajstić information content (AvgIpc) is 2.99. The van der Waals surface area contributed by atoms with Crippen LogP contribution in [0, 0.1) is 0 Å². The molecule has 0 amide bonds. The molecule has 1 fully saturated rings. The molecule has 2 heteroatoms. The van der Waals surface area contributed by atoms with Gasteiger partial charge in [-0.3, -0.25) is 4.99 Å². The van der Waals surface area contributed by atoms with Gasteiger partial charge in [-0.15, -0.1) is 0 Å². The van der Waals surface area contributed by atoms with E-state index in [1.54, 1.807) is 7.05 Å². The van der Waals surface area contributed by atoms with Crippen molar-refractivity contribution >= 4 is 5.84 Å². The zero-order valence-electron chi connectivity index (χ0n) is 7.83. The zero-order valence-corrected chi connectivity index (χ0v) is 7.83. The first-order valence-corrected chi connectivity index (χ1v) is 4.58. The normalized spacial score (nSPS) is 19.9. The molecule has 2 N–H and O–H groups in total. The molecule has 0 bridgehead atoms. The van der Waals surface area contributed by atoms with E-state index in [4.69, 9.17) is 5.73 Å². The van der Waals surface area contributed by atoms with E-state index in [2.05, 4.69) is 29.3 Å². The Kier molecular flexibility index (Phi) is 1.83. The lowest BCUT2D eigenvalue weighted by Crippen LogP contribution is -2.28. The first kappa shape index (κ1) is 8.30. The number of benzene rings is 1. The SMILES string of the molecule is CN=C(N)C1(c2ccccc2)CC1. The smallest absolute Gasteiger partial charge is 0.104 e. The summed E-state index contributed by atoms with van der Waals surface area (Å²) in [5.41, 5.74) is 7.28. The highest BCUT2D eigenvalue weighted by molar-refractivity contribution is 5.94. The largest absolute Gasteiger partial charge is 0.387 e. The highest BCUT2D eigenvalue weighted by atomic mass is 14.9. The number of rotatable bonds is 2. The molecule has 1 aliphatic rings. The van der Waals surface area contributed by atoms with Crippen molar-refractivity contribution in [3.05, 3.63) is 35.9 Å². The average molecular weight is 174 g/mol. The molecule has 1 saturated carbocycles. The molecule has 0 aliphatic heterocycles. The third kappa shape index (κ3) is 1.22. The Balaban J connectivity index is 2.37. The molecule has 1 aromatic rings. The lowest BCUT2D eigenvalue weighted by molar-refractivity contribution is 0.928. The molecule has 0 spiro atoms. The van der Waals surface area contributed by atoms with E-state index in [9.17, 15) is 0 Å². The molecule has 0 radical (unpaired) electrons. The van der Waals surface area contributed by atoms with Crippen molar-refractivity contribution in [1.82, 2.24) is 0 Å². The third-order valence-electron chi connectivity index (χ3n) is 2.81. The Labute approximate surface area is 78.5 Å². The summed E-state index contributed by atoms with van der Waals surface area (Å²) in [6, 6.07) is 10.4. The number of amidine groups is 1. The van der Waals surface area contributed by atoms with Crippen molar-refractivity contribution in [3.8, 4) is 0 Å². The Morgan fingerprint density at radius 1 is 1.31 bits per heavy atom. The van der Waals surface area contributed by atoms with Crippen LogP contribution in [0.1, 0.15) is 18.4 Å². The molecule has 0 unspecified atom stereocenters. The number of hydrogen-bond donors (Lipinski definition) is 1. The predicted octanol–water partition coefficient (Wildman–Crippen LogP) is 1.71. The minimum Gasteiger partial charge on any atom is -0.387 e. The van der Waals surface area contributed by atoms with Crippen LogP contribution < -0.4 is 5.73 Å². The van der Waals surface area contributed by atoms with Crippen LogP contribution in [0.3, 0.4) is 0 Å². The molecule has 1 aromatic carbocycles. The van der Waals surface area contributed by atoms with Crippen LogP contribution in [-0.2, 0) is 5.41 Å². The molecule has 0 atom stereocenters. The second-order valence-corrected chi connectivity index (χ2v) is 3.56. The van der Waals surface area contributed by atoms with Crippen molar-refractivity contribution in [2.24, 2.45) is 10.7 Å². The van der Waals surface area contributed by atoms with Gasteiger partial charge in [0.15, 0.2) is 0 Å².